The molecule has 0 bridgehead atoms. The fourth-order valence-corrected chi connectivity index (χ4v) is 3.83. The Morgan fingerprint density at radius 2 is 1.19 bits per heavy atom. The molecule has 0 atom stereocenters. The van der Waals surface area contributed by atoms with Crippen LogP contribution in [0.1, 0.15) is 12.5 Å². The number of hydrogen-bond donors (Lipinski definition) is 0. The quantitative estimate of drug-likeness (QED) is 0.261. The average Bonchev–Trinajstić information content (AvgIpc) is 2.72. The Kier molecular flexibility index (Phi) is 4.72. The zero-order valence-electron chi connectivity index (χ0n) is 15.5. The van der Waals surface area contributed by atoms with Crippen molar-refractivity contribution in [2.24, 2.45) is 0 Å². The van der Waals surface area contributed by atoms with Gasteiger partial charge in [-0.15, -0.1) is 0 Å². The van der Waals surface area contributed by atoms with Gasteiger partial charge in [0.25, 0.3) is 0 Å². The Bertz CT molecular complexity index is 1120. The number of benzene rings is 4. The molecule has 0 fully saturated rings. The van der Waals surface area contributed by atoms with Crippen LogP contribution in [0.25, 0.3) is 38.2 Å². The summed E-state index contributed by atoms with van der Waals surface area (Å²) in [6.45, 7) is 5.94. The summed E-state index contributed by atoms with van der Waals surface area (Å²) in [5, 5.41) is 5.15. The van der Waals surface area contributed by atoms with Gasteiger partial charge in [0, 0.05) is 0 Å². The topological polar surface area (TPSA) is 0 Å². The molecule has 0 spiro atoms. The smallest absolute Gasteiger partial charge is 0.00264 e. The molecule has 0 saturated carbocycles. The first-order chi connectivity index (χ1) is 13.3. The van der Waals surface area contributed by atoms with E-state index in [9.17, 15) is 0 Å². The molecule has 0 N–H and O–H groups in total. The molecule has 130 valence electrons. The molecule has 4 rings (SSSR count). The van der Waals surface area contributed by atoms with Crippen LogP contribution in [-0.4, -0.2) is 0 Å². The maximum atomic E-state index is 3.76. The van der Waals surface area contributed by atoms with Crippen molar-refractivity contribution in [3.63, 3.8) is 0 Å². The van der Waals surface area contributed by atoms with Crippen molar-refractivity contribution in [3.05, 3.63) is 115 Å². The summed E-state index contributed by atoms with van der Waals surface area (Å²) in [5.74, 6) is 0. The van der Waals surface area contributed by atoms with Gasteiger partial charge in [0.15, 0.2) is 0 Å². The van der Waals surface area contributed by atoms with Crippen LogP contribution in [0.5, 0.6) is 0 Å². The Morgan fingerprint density at radius 1 is 0.667 bits per heavy atom. The summed E-state index contributed by atoms with van der Waals surface area (Å²) < 4.78 is 0. The molecule has 4 aromatic rings. The Hall–Kier alpha value is -3.38. The molecule has 0 amide bonds. The van der Waals surface area contributed by atoms with Gasteiger partial charge in [0.2, 0.25) is 0 Å². The first-order valence-electron chi connectivity index (χ1n) is 9.26. The SMILES string of the molecule is C=C/C=C\C=C(/C)c1c2ccccc2c(-c2ccccc2)c2ccccc12. The highest BCUT2D eigenvalue weighted by molar-refractivity contribution is 6.18. The van der Waals surface area contributed by atoms with Gasteiger partial charge in [0.1, 0.15) is 0 Å². The summed E-state index contributed by atoms with van der Waals surface area (Å²) in [5.41, 5.74) is 5.11. The van der Waals surface area contributed by atoms with Crippen molar-refractivity contribution in [1.29, 1.82) is 0 Å². The van der Waals surface area contributed by atoms with E-state index in [1.54, 1.807) is 6.08 Å². The highest BCUT2D eigenvalue weighted by Crippen LogP contribution is 2.41. The predicted molar refractivity (Wildman–Crippen MR) is 120 cm³/mol. The fraction of sp³-hybridized carbons (Fsp3) is 0.0370. The molecule has 27 heavy (non-hydrogen) atoms. The van der Waals surface area contributed by atoms with Gasteiger partial charge >= 0.3 is 0 Å². The number of fused-ring (bicyclic) bond motifs is 2. The molecule has 0 heteroatoms. The van der Waals surface area contributed by atoms with Gasteiger partial charge in [-0.3, -0.25) is 0 Å². The molecule has 0 radical (unpaired) electrons. The lowest BCUT2D eigenvalue weighted by Crippen LogP contribution is -1.92. The third-order valence-corrected chi connectivity index (χ3v) is 4.98. The van der Waals surface area contributed by atoms with Crippen LogP contribution >= 0.6 is 0 Å². The molecule has 0 nitrogen and oxygen atoms in total. The summed E-state index contributed by atoms with van der Waals surface area (Å²) in [4.78, 5) is 0. The lowest BCUT2D eigenvalue weighted by molar-refractivity contribution is 1.63. The molecule has 0 aliphatic heterocycles. The Morgan fingerprint density at radius 3 is 1.74 bits per heavy atom. The second kappa shape index (κ2) is 7.47. The van der Waals surface area contributed by atoms with Crippen LogP contribution in [-0.2, 0) is 0 Å². The molecule has 0 saturated heterocycles. The van der Waals surface area contributed by atoms with E-state index in [-0.39, 0.29) is 0 Å². The zero-order chi connectivity index (χ0) is 18.6. The highest BCUT2D eigenvalue weighted by atomic mass is 14.2. The highest BCUT2D eigenvalue weighted by Gasteiger charge is 2.15. The number of rotatable bonds is 4. The van der Waals surface area contributed by atoms with Crippen molar-refractivity contribution in [3.8, 4) is 11.1 Å². The van der Waals surface area contributed by atoms with Gasteiger partial charge < -0.3 is 0 Å². The lowest BCUT2D eigenvalue weighted by atomic mass is 9.86. The third kappa shape index (κ3) is 3.11. The minimum atomic E-state index is 1.25. The summed E-state index contributed by atoms with van der Waals surface area (Å²) in [6, 6.07) is 28.1. The normalized spacial score (nSPS) is 12.1. The van der Waals surface area contributed by atoms with Gasteiger partial charge in [-0.2, -0.15) is 0 Å². The van der Waals surface area contributed by atoms with E-state index in [0.717, 1.165) is 0 Å². The van der Waals surface area contributed by atoms with Gasteiger partial charge in [-0.05, 0) is 50.7 Å². The molecule has 0 aliphatic carbocycles. The maximum Gasteiger partial charge on any atom is -0.00264 e. The average molecular weight is 346 g/mol. The van der Waals surface area contributed by atoms with E-state index in [2.05, 4.69) is 105 Å². The van der Waals surface area contributed by atoms with Crippen molar-refractivity contribution in [1.82, 2.24) is 0 Å². The fourth-order valence-electron chi connectivity index (χ4n) is 3.83. The molecular formula is C27H22. The zero-order valence-corrected chi connectivity index (χ0v) is 15.5. The van der Waals surface area contributed by atoms with E-state index in [1.807, 2.05) is 6.08 Å². The van der Waals surface area contributed by atoms with E-state index < -0.39 is 0 Å². The standard InChI is InChI=1S/C27H22/c1-3-4-6-13-20(2)26-22-16-9-11-18-24(22)27(21-14-7-5-8-15-21)25-19-12-10-17-23(25)26/h3-19H,1H2,2H3/b6-4-,20-13+. The number of hydrogen-bond acceptors (Lipinski definition) is 0. The van der Waals surface area contributed by atoms with Gasteiger partial charge in [-0.25, -0.2) is 0 Å². The molecule has 0 aliphatic rings. The van der Waals surface area contributed by atoms with E-state index >= 15 is 0 Å². The van der Waals surface area contributed by atoms with Gasteiger partial charge in [-0.1, -0.05) is 110 Å². The molecule has 0 unspecified atom stereocenters. The first-order valence-corrected chi connectivity index (χ1v) is 9.26. The van der Waals surface area contributed by atoms with Crippen LogP contribution in [0.15, 0.2) is 110 Å². The predicted octanol–water partition coefficient (Wildman–Crippen LogP) is 7.81. The third-order valence-electron chi connectivity index (χ3n) is 4.98. The van der Waals surface area contributed by atoms with Crippen LogP contribution in [0.3, 0.4) is 0 Å². The summed E-state index contributed by atoms with van der Waals surface area (Å²) in [7, 11) is 0. The summed E-state index contributed by atoms with van der Waals surface area (Å²) >= 11 is 0. The van der Waals surface area contributed by atoms with Crippen LogP contribution in [0.2, 0.25) is 0 Å². The Labute approximate surface area is 160 Å². The van der Waals surface area contributed by atoms with Crippen molar-refractivity contribution < 1.29 is 0 Å². The number of allylic oxidation sites excluding steroid dienone is 5. The van der Waals surface area contributed by atoms with Crippen LogP contribution in [0.4, 0.5) is 0 Å². The monoisotopic (exact) mass is 346 g/mol. The van der Waals surface area contributed by atoms with E-state index in [4.69, 9.17) is 0 Å². The Balaban J connectivity index is 2.16. The van der Waals surface area contributed by atoms with Gasteiger partial charge in [0.05, 0.1) is 0 Å². The van der Waals surface area contributed by atoms with E-state index in [0.29, 0.717) is 0 Å². The summed E-state index contributed by atoms with van der Waals surface area (Å²) in [6.07, 6.45) is 7.99. The lowest BCUT2D eigenvalue weighted by Gasteiger charge is -2.17. The van der Waals surface area contributed by atoms with E-state index in [1.165, 1.54) is 43.8 Å². The van der Waals surface area contributed by atoms with Crippen LogP contribution in [0, 0.1) is 0 Å². The maximum absolute atomic E-state index is 3.76. The second-order valence-electron chi connectivity index (χ2n) is 6.68. The largest absolute Gasteiger partial charge is 0.0991 e. The minimum Gasteiger partial charge on any atom is -0.0991 e. The molecule has 0 heterocycles. The minimum absolute atomic E-state index is 1.25. The van der Waals surface area contributed by atoms with Crippen molar-refractivity contribution in [2.75, 3.05) is 0 Å². The van der Waals surface area contributed by atoms with Crippen molar-refractivity contribution >= 4 is 27.1 Å². The van der Waals surface area contributed by atoms with Crippen molar-refractivity contribution in [2.45, 2.75) is 6.92 Å². The van der Waals surface area contributed by atoms with Crippen LogP contribution < -0.4 is 0 Å². The molecule has 0 aromatic heterocycles. The molecular weight excluding hydrogens is 324 g/mol. The molecule has 4 aromatic carbocycles. The first kappa shape index (κ1) is 17.1. The second-order valence-corrected chi connectivity index (χ2v) is 6.68.